The summed E-state index contributed by atoms with van der Waals surface area (Å²) in [6.45, 7) is 3.04. The molecule has 0 aliphatic heterocycles. The molecule has 2 N–H and O–H groups in total. The molecule has 7 heteroatoms. The second-order valence-corrected chi connectivity index (χ2v) is 5.33. The number of carbonyl (C=O) groups is 1. The Bertz CT molecular complexity index is 707. The Morgan fingerprint density at radius 3 is 2.71 bits per heavy atom. The van der Waals surface area contributed by atoms with Gasteiger partial charge in [0.05, 0.1) is 22.3 Å². The molecule has 0 aliphatic rings. The van der Waals surface area contributed by atoms with Crippen LogP contribution in [0.25, 0.3) is 10.8 Å². The highest BCUT2D eigenvalue weighted by molar-refractivity contribution is 6.03. The summed E-state index contributed by atoms with van der Waals surface area (Å²) < 4.78 is 0. The first-order valence-corrected chi connectivity index (χ1v) is 6.32. The number of aromatic nitrogens is 1. The monoisotopic (exact) mass is 289 g/mol. The standard InChI is InChI=1S/C14H15N3O4/c1-14(2,19)8-12(18)16-13-10-4-3-5-11(17(20)21)9(10)6-7-15-13/h3-7,19H,8H2,1-2H3,(H,15,16,18). The first-order chi connectivity index (χ1) is 9.78. The number of pyridine rings is 1. The average molecular weight is 289 g/mol. The maximum atomic E-state index is 11.8. The zero-order valence-corrected chi connectivity index (χ0v) is 11.7. The van der Waals surface area contributed by atoms with Gasteiger partial charge in [0.25, 0.3) is 5.69 Å². The molecule has 1 amide bonds. The molecule has 0 unspecified atom stereocenters. The molecular formula is C14H15N3O4. The van der Waals surface area contributed by atoms with Gasteiger partial charge in [-0.15, -0.1) is 0 Å². The quantitative estimate of drug-likeness (QED) is 0.663. The molecule has 0 spiro atoms. The maximum Gasteiger partial charge on any atom is 0.277 e. The summed E-state index contributed by atoms with van der Waals surface area (Å²) in [4.78, 5) is 26.4. The van der Waals surface area contributed by atoms with Gasteiger partial charge in [0, 0.05) is 17.6 Å². The summed E-state index contributed by atoms with van der Waals surface area (Å²) in [7, 11) is 0. The fraction of sp³-hybridized carbons (Fsp3) is 0.286. The second kappa shape index (κ2) is 5.45. The highest BCUT2D eigenvalue weighted by Crippen LogP contribution is 2.29. The van der Waals surface area contributed by atoms with Crippen molar-refractivity contribution in [3.63, 3.8) is 0 Å². The van der Waals surface area contributed by atoms with Crippen LogP contribution in [0, 0.1) is 10.1 Å². The van der Waals surface area contributed by atoms with Crippen LogP contribution in [0.3, 0.4) is 0 Å². The third-order valence-electron chi connectivity index (χ3n) is 2.83. The summed E-state index contributed by atoms with van der Waals surface area (Å²) in [5.74, 6) is -0.167. The SMILES string of the molecule is CC(C)(O)CC(=O)Nc1nccc2c([N+](=O)[O-])cccc12. The molecule has 0 saturated heterocycles. The Morgan fingerprint density at radius 1 is 1.38 bits per heavy atom. The molecule has 1 heterocycles. The van der Waals surface area contributed by atoms with Gasteiger partial charge in [-0.1, -0.05) is 12.1 Å². The number of carbonyl (C=O) groups excluding carboxylic acids is 1. The number of aliphatic hydroxyl groups is 1. The Balaban J connectivity index is 2.40. The van der Waals surface area contributed by atoms with Crippen molar-refractivity contribution in [1.82, 2.24) is 4.98 Å². The molecule has 0 radical (unpaired) electrons. The minimum atomic E-state index is -1.14. The van der Waals surface area contributed by atoms with Crippen LogP contribution in [-0.2, 0) is 4.79 Å². The number of benzene rings is 1. The molecule has 0 saturated carbocycles. The van der Waals surface area contributed by atoms with Gasteiger partial charge in [0.1, 0.15) is 5.82 Å². The molecule has 7 nitrogen and oxygen atoms in total. The number of amides is 1. The first kappa shape index (κ1) is 14.9. The third kappa shape index (κ3) is 3.51. The van der Waals surface area contributed by atoms with Crippen LogP contribution in [0.4, 0.5) is 11.5 Å². The van der Waals surface area contributed by atoms with Crippen molar-refractivity contribution in [2.45, 2.75) is 25.9 Å². The van der Waals surface area contributed by atoms with E-state index in [-0.39, 0.29) is 17.9 Å². The van der Waals surface area contributed by atoms with Gasteiger partial charge < -0.3 is 10.4 Å². The average Bonchev–Trinajstić information content (AvgIpc) is 2.36. The lowest BCUT2D eigenvalue weighted by Crippen LogP contribution is -2.27. The molecule has 0 aliphatic carbocycles. The van der Waals surface area contributed by atoms with Gasteiger partial charge in [-0.3, -0.25) is 14.9 Å². The third-order valence-corrected chi connectivity index (χ3v) is 2.83. The van der Waals surface area contributed by atoms with Crippen molar-refractivity contribution in [3.05, 3.63) is 40.6 Å². The van der Waals surface area contributed by atoms with Crippen LogP contribution in [-0.4, -0.2) is 26.5 Å². The lowest BCUT2D eigenvalue weighted by Gasteiger charge is -2.16. The van der Waals surface area contributed by atoms with E-state index in [1.54, 1.807) is 6.07 Å². The molecule has 2 aromatic rings. The Kier molecular flexibility index (Phi) is 3.86. The topological polar surface area (TPSA) is 105 Å². The predicted molar refractivity (Wildman–Crippen MR) is 77.9 cm³/mol. The summed E-state index contributed by atoms with van der Waals surface area (Å²) in [5, 5.41) is 24.1. The number of nitrogens with one attached hydrogen (secondary N) is 1. The van der Waals surface area contributed by atoms with Gasteiger partial charge in [-0.25, -0.2) is 4.98 Å². The number of nitro groups is 1. The van der Waals surface area contributed by atoms with E-state index in [0.29, 0.717) is 10.8 Å². The lowest BCUT2D eigenvalue weighted by molar-refractivity contribution is -0.383. The molecule has 1 aromatic heterocycles. The Hall–Kier alpha value is -2.54. The van der Waals surface area contributed by atoms with Crippen molar-refractivity contribution in [2.24, 2.45) is 0 Å². The molecule has 2 rings (SSSR count). The van der Waals surface area contributed by atoms with Crippen molar-refractivity contribution >= 4 is 28.2 Å². The zero-order chi connectivity index (χ0) is 15.6. The van der Waals surface area contributed by atoms with Crippen LogP contribution < -0.4 is 5.32 Å². The number of rotatable bonds is 4. The van der Waals surface area contributed by atoms with Gasteiger partial charge in [-0.05, 0) is 19.9 Å². The van der Waals surface area contributed by atoms with Gasteiger partial charge in [-0.2, -0.15) is 0 Å². The van der Waals surface area contributed by atoms with E-state index in [1.165, 1.54) is 38.2 Å². The van der Waals surface area contributed by atoms with Crippen LogP contribution in [0.15, 0.2) is 30.5 Å². The van der Waals surface area contributed by atoms with Crippen LogP contribution in [0.2, 0.25) is 0 Å². The van der Waals surface area contributed by atoms with E-state index < -0.39 is 16.4 Å². The first-order valence-electron chi connectivity index (χ1n) is 6.32. The van der Waals surface area contributed by atoms with Gasteiger partial charge in [0.2, 0.25) is 5.91 Å². The summed E-state index contributed by atoms with van der Waals surface area (Å²) in [6, 6.07) is 6.10. The fourth-order valence-corrected chi connectivity index (χ4v) is 2.02. The highest BCUT2D eigenvalue weighted by Gasteiger charge is 2.20. The Morgan fingerprint density at radius 2 is 2.10 bits per heavy atom. The molecule has 0 bridgehead atoms. The molecule has 0 fully saturated rings. The molecule has 110 valence electrons. The maximum absolute atomic E-state index is 11.8. The highest BCUT2D eigenvalue weighted by atomic mass is 16.6. The number of nitro benzene ring substituents is 1. The van der Waals surface area contributed by atoms with Crippen LogP contribution in [0.5, 0.6) is 0 Å². The molecular weight excluding hydrogens is 274 g/mol. The number of hydrogen-bond acceptors (Lipinski definition) is 5. The molecule has 0 atom stereocenters. The van der Waals surface area contributed by atoms with E-state index in [4.69, 9.17) is 0 Å². The summed E-state index contributed by atoms with van der Waals surface area (Å²) in [5.41, 5.74) is -1.19. The predicted octanol–water partition coefficient (Wildman–Crippen LogP) is 2.24. The number of fused-ring (bicyclic) bond motifs is 1. The van der Waals surface area contributed by atoms with E-state index in [9.17, 15) is 20.0 Å². The van der Waals surface area contributed by atoms with E-state index >= 15 is 0 Å². The fourth-order valence-electron chi connectivity index (χ4n) is 2.02. The van der Waals surface area contributed by atoms with Crippen molar-refractivity contribution in [1.29, 1.82) is 0 Å². The lowest BCUT2D eigenvalue weighted by atomic mass is 10.1. The van der Waals surface area contributed by atoms with E-state index in [0.717, 1.165) is 0 Å². The van der Waals surface area contributed by atoms with Crippen LogP contribution in [0.1, 0.15) is 20.3 Å². The van der Waals surface area contributed by atoms with Gasteiger partial charge >= 0.3 is 0 Å². The Labute approximate surface area is 120 Å². The normalized spacial score (nSPS) is 11.4. The molecule has 1 aromatic carbocycles. The van der Waals surface area contributed by atoms with Crippen molar-refractivity contribution < 1.29 is 14.8 Å². The second-order valence-electron chi connectivity index (χ2n) is 5.33. The zero-order valence-electron chi connectivity index (χ0n) is 11.7. The molecule has 21 heavy (non-hydrogen) atoms. The van der Waals surface area contributed by atoms with Crippen LogP contribution >= 0.6 is 0 Å². The summed E-state index contributed by atoms with van der Waals surface area (Å²) >= 11 is 0. The van der Waals surface area contributed by atoms with E-state index in [2.05, 4.69) is 10.3 Å². The van der Waals surface area contributed by atoms with Crippen molar-refractivity contribution in [3.8, 4) is 0 Å². The van der Waals surface area contributed by atoms with Crippen molar-refractivity contribution in [2.75, 3.05) is 5.32 Å². The smallest absolute Gasteiger partial charge is 0.277 e. The minimum Gasteiger partial charge on any atom is -0.390 e. The number of hydrogen-bond donors (Lipinski definition) is 2. The van der Waals surface area contributed by atoms with E-state index in [1.807, 2.05) is 0 Å². The number of nitrogens with zero attached hydrogens (tertiary/aromatic N) is 2. The minimum absolute atomic E-state index is 0.0483. The summed E-state index contributed by atoms with van der Waals surface area (Å²) in [6.07, 6.45) is 1.30. The largest absolute Gasteiger partial charge is 0.390 e. The number of non-ortho nitro benzene ring substituents is 1. The van der Waals surface area contributed by atoms with Gasteiger partial charge in [0.15, 0.2) is 0 Å². The number of anilines is 1.